The van der Waals surface area contributed by atoms with Gasteiger partial charge in [0.2, 0.25) is 0 Å². The molecular formula is C3H4F3N3O3S. The number of azide groups is 1. The third kappa shape index (κ3) is 3.97. The first-order chi connectivity index (χ1) is 5.81. The van der Waals surface area contributed by atoms with Gasteiger partial charge in [0.05, 0.1) is 13.2 Å². The van der Waals surface area contributed by atoms with Crippen LogP contribution in [0.2, 0.25) is 0 Å². The van der Waals surface area contributed by atoms with Crippen LogP contribution in [0.5, 0.6) is 0 Å². The molecule has 0 unspecified atom stereocenters. The molecule has 0 heterocycles. The molecule has 76 valence electrons. The van der Waals surface area contributed by atoms with Crippen molar-refractivity contribution in [3.8, 4) is 0 Å². The summed E-state index contributed by atoms with van der Waals surface area (Å²) >= 11 is 0. The minimum atomic E-state index is -5.56. The van der Waals surface area contributed by atoms with E-state index in [0.717, 1.165) is 0 Å². The Labute approximate surface area is 71.0 Å². The predicted octanol–water partition coefficient (Wildman–Crippen LogP) is 1.16. The quantitative estimate of drug-likeness (QED) is 0.177. The molecule has 0 aromatic carbocycles. The summed E-state index contributed by atoms with van der Waals surface area (Å²) in [4.78, 5) is 2.19. The largest absolute Gasteiger partial charge is 0.523 e. The zero-order chi connectivity index (χ0) is 10.5. The molecule has 0 aliphatic carbocycles. The molecule has 10 heteroatoms. The molecule has 0 saturated carbocycles. The molecule has 0 spiro atoms. The second-order valence-electron chi connectivity index (χ2n) is 1.68. The zero-order valence-corrected chi connectivity index (χ0v) is 6.84. The van der Waals surface area contributed by atoms with Gasteiger partial charge in [-0.1, -0.05) is 5.11 Å². The minimum absolute atomic E-state index is 0.480. The molecule has 0 aliphatic rings. The maximum atomic E-state index is 11.5. The van der Waals surface area contributed by atoms with E-state index < -0.39 is 28.8 Å². The van der Waals surface area contributed by atoms with Crippen molar-refractivity contribution in [2.24, 2.45) is 5.11 Å². The fraction of sp³-hybridized carbons (Fsp3) is 1.00. The highest BCUT2D eigenvalue weighted by atomic mass is 32.2. The van der Waals surface area contributed by atoms with Crippen LogP contribution in [-0.4, -0.2) is 27.1 Å². The smallest absolute Gasteiger partial charge is 0.263 e. The Morgan fingerprint density at radius 2 is 2.00 bits per heavy atom. The van der Waals surface area contributed by atoms with Gasteiger partial charge in [0.25, 0.3) is 0 Å². The van der Waals surface area contributed by atoms with Crippen molar-refractivity contribution in [3.63, 3.8) is 0 Å². The lowest BCUT2D eigenvalue weighted by Gasteiger charge is -2.06. The van der Waals surface area contributed by atoms with E-state index in [2.05, 4.69) is 14.2 Å². The Balaban J connectivity index is 4.14. The first-order valence-corrected chi connectivity index (χ1v) is 4.18. The number of hydrogen-bond donors (Lipinski definition) is 0. The molecular weight excluding hydrogens is 215 g/mol. The molecule has 0 atom stereocenters. The lowest BCUT2D eigenvalue weighted by molar-refractivity contribution is -0.0540. The van der Waals surface area contributed by atoms with Gasteiger partial charge in [0, 0.05) is 4.91 Å². The van der Waals surface area contributed by atoms with Crippen molar-refractivity contribution in [1.29, 1.82) is 0 Å². The van der Waals surface area contributed by atoms with Gasteiger partial charge in [-0.15, -0.1) is 0 Å². The molecule has 0 fully saturated rings. The second-order valence-corrected chi connectivity index (χ2v) is 3.28. The van der Waals surface area contributed by atoms with E-state index in [4.69, 9.17) is 5.53 Å². The van der Waals surface area contributed by atoms with E-state index in [-0.39, 0.29) is 0 Å². The Bertz CT molecular complexity index is 304. The molecule has 0 rings (SSSR count). The maximum absolute atomic E-state index is 11.5. The van der Waals surface area contributed by atoms with Crippen molar-refractivity contribution in [3.05, 3.63) is 10.4 Å². The van der Waals surface area contributed by atoms with Crippen LogP contribution in [0.1, 0.15) is 0 Å². The van der Waals surface area contributed by atoms with Crippen LogP contribution in [-0.2, 0) is 14.3 Å². The molecule has 0 aromatic heterocycles. The minimum Gasteiger partial charge on any atom is -0.263 e. The lowest BCUT2D eigenvalue weighted by Crippen LogP contribution is -2.26. The Morgan fingerprint density at radius 1 is 1.46 bits per heavy atom. The van der Waals surface area contributed by atoms with Crippen LogP contribution in [0.15, 0.2) is 5.11 Å². The predicted molar refractivity (Wildman–Crippen MR) is 34.9 cm³/mol. The average Bonchev–Trinajstić information content (AvgIpc) is 1.96. The van der Waals surface area contributed by atoms with Gasteiger partial charge in [-0.25, -0.2) is 0 Å². The SMILES string of the molecule is [N-]=[N+]=NCCOS(=O)(=O)C(F)(F)F. The van der Waals surface area contributed by atoms with Gasteiger partial charge >= 0.3 is 15.6 Å². The highest BCUT2D eigenvalue weighted by molar-refractivity contribution is 7.87. The van der Waals surface area contributed by atoms with Crippen molar-refractivity contribution in [1.82, 2.24) is 0 Å². The number of nitrogens with zero attached hydrogens (tertiary/aromatic N) is 3. The summed E-state index contributed by atoms with van der Waals surface area (Å²) in [5.41, 5.74) is 2.25. The van der Waals surface area contributed by atoms with Crippen molar-refractivity contribution in [2.75, 3.05) is 13.2 Å². The van der Waals surface area contributed by atoms with Crippen molar-refractivity contribution >= 4 is 10.1 Å². The fourth-order valence-corrected chi connectivity index (χ4v) is 0.727. The van der Waals surface area contributed by atoms with E-state index in [9.17, 15) is 21.6 Å². The lowest BCUT2D eigenvalue weighted by atomic mass is 10.8. The van der Waals surface area contributed by atoms with Gasteiger partial charge in [-0.2, -0.15) is 21.6 Å². The standard InChI is InChI=1S/C3H4F3N3O3S/c4-3(5,6)13(10,11)12-2-1-8-9-7/h1-2H2. The summed E-state index contributed by atoms with van der Waals surface area (Å²) in [6, 6.07) is 0. The third-order valence-corrected chi connectivity index (χ3v) is 1.82. The summed E-state index contributed by atoms with van der Waals surface area (Å²) in [6.07, 6.45) is 0. The maximum Gasteiger partial charge on any atom is 0.523 e. The summed E-state index contributed by atoms with van der Waals surface area (Å²) in [5, 5.41) is 2.78. The molecule has 0 saturated heterocycles. The Kier molecular flexibility index (Phi) is 3.98. The average molecular weight is 219 g/mol. The molecule has 13 heavy (non-hydrogen) atoms. The molecule has 0 N–H and O–H groups in total. The molecule has 0 aromatic rings. The topological polar surface area (TPSA) is 92.1 Å². The van der Waals surface area contributed by atoms with E-state index >= 15 is 0 Å². The van der Waals surface area contributed by atoms with E-state index in [1.165, 1.54) is 0 Å². The highest BCUT2D eigenvalue weighted by Crippen LogP contribution is 2.24. The fourth-order valence-electron chi connectivity index (χ4n) is 0.299. The Morgan fingerprint density at radius 3 is 2.38 bits per heavy atom. The van der Waals surface area contributed by atoms with E-state index in [0.29, 0.717) is 0 Å². The summed E-state index contributed by atoms with van der Waals surface area (Å²) < 4.78 is 58.3. The highest BCUT2D eigenvalue weighted by Gasteiger charge is 2.47. The van der Waals surface area contributed by atoms with Crippen molar-refractivity contribution < 1.29 is 25.8 Å². The normalized spacial score (nSPS) is 12.2. The van der Waals surface area contributed by atoms with E-state index in [1.807, 2.05) is 0 Å². The van der Waals surface area contributed by atoms with Gasteiger partial charge < -0.3 is 0 Å². The number of hydrogen-bond acceptors (Lipinski definition) is 4. The number of alkyl halides is 3. The summed E-state index contributed by atoms with van der Waals surface area (Å²) in [6.45, 7) is -1.31. The van der Waals surface area contributed by atoms with Crippen LogP contribution in [0, 0.1) is 0 Å². The van der Waals surface area contributed by atoms with Gasteiger partial charge in [0.1, 0.15) is 0 Å². The molecule has 6 nitrogen and oxygen atoms in total. The molecule has 0 bridgehead atoms. The van der Waals surface area contributed by atoms with Gasteiger partial charge in [-0.05, 0) is 5.53 Å². The number of halogens is 3. The monoisotopic (exact) mass is 219 g/mol. The van der Waals surface area contributed by atoms with Crippen molar-refractivity contribution in [2.45, 2.75) is 5.51 Å². The van der Waals surface area contributed by atoms with Crippen LogP contribution >= 0.6 is 0 Å². The van der Waals surface area contributed by atoms with Crippen LogP contribution < -0.4 is 0 Å². The van der Waals surface area contributed by atoms with Crippen LogP contribution in [0.25, 0.3) is 10.4 Å². The van der Waals surface area contributed by atoms with Crippen LogP contribution in [0.4, 0.5) is 13.2 Å². The Hall–Kier alpha value is -0.990. The van der Waals surface area contributed by atoms with Gasteiger partial charge in [-0.3, -0.25) is 4.18 Å². The number of rotatable bonds is 4. The van der Waals surface area contributed by atoms with Gasteiger partial charge in [0.15, 0.2) is 0 Å². The zero-order valence-electron chi connectivity index (χ0n) is 6.02. The molecule has 0 aliphatic heterocycles. The third-order valence-electron chi connectivity index (χ3n) is 0.776. The first kappa shape index (κ1) is 12.0. The van der Waals surface area contributed by atoms with Crippen LogP contribution in [0.3, 0.4) is 0 Å². The first-order valence-electron chi connectivity index (χ1n) is 2.78. The molecule has 0 radical (unpaired) electrons. The molecule has 0 amide bonds. The summed E-state index contributed by atoms with van der Waals surface area (Å²) in [7, 11) is -5.56. The summed E-state index contributed by atoms with van der Waals surface area (Å²) in [5.74, 6) is 0. The second kappa shape index (κ2) is 4.30. The van der Waals surface area contributed by atoms with E-state index in [1.54, 1.807) is 0 Å².